The Balaban J connectivity index is 1.91. The minimum Gasteiger partial charge on any atom is -0.495 e. The fourth-order valence-corrected chi connectivity index (χ4v) is 5.40. The van der Waals surface area contributed by atoms with Crippen LogP contribution in [0.5, 0.6) is 0 Å². The van der Waals surface area contributed by atoms with Crippen molar-refractivity contribution in [3.8, 4) is 11.1 Å². The number of benzene rings is 2. The summed E-state index contributed by atoms with van der Waals surface area (Å²) >= 11 is 0. The van der Waals surface area contributed by atoms with E-state index in [4.69, 9.17) is 9.57 Å². The maximum absolute atomic E-state index is 13.4. The normalized spacial score (nSPS) is 17.1. The predicted molar refractivity (Wildman–Crippen MR) is 133 cm³/mol. The lowest BCUT2D eigenvalue weighted by Gasteiger charge is -2.35. The second kappa shape index (κ2) is 9.52. The van der Waals surface area contributed by atoms with Crippen LogP contribution in [0.1, 0.15) is 18.5 Å². The van der Waals surface area contributed by atoms with E-state index in [2.05, 4.69) is 4.98 Å². The molecular weight excluding hydrogens is 454 g/mol. The molecule has 180 valence electrons. The molecule has 2 heterocycles. The van der Waals surface area contributed by atoms with E-state index >= 15 is 0 Å². The summed E-state index contributed by atoms with van der Waals surface area (Å²) in [5, 5.41) is 1.56. The number of fused-ring (bicyclic) bond motifs is 1. The molecule has 0 bridgehead atoms. The third-order valence-electron chi connectivity index (χ3n) is 5.91. The quantitative estimate of drug-likeness (QED) is 0.527. The minimum absolute atomic E-state index is 0.247. The zero-order valence-corrected chi connectivity index (χ0v) is 20.5. The molecule has 0 fully saturated rings. The number of rotatable bonds is 8. The summed E-state index contributed by atoms with van der Waals surface area (Å²) in [7, 11) is -1.90. The maximum atomic E-state index is 13.4. The molecule has 0 spiro atoms. The molecule has 1 N–H and O–H groups in total. The highest BCUT2D eigenvalue weighted by Crippen LogP contribution is 2.32. The summed E-state index contributed by atoms with van der Waals surface area (Å²) in [6.07, 6.45) is 6.41. The molecule has 3 aromatic rings. The van der Waals surface area contributed by atoms with Gasteiger partial charge in [-0.25, -0.2) is 18.3 Å². The molecule has 0 saturated heterocycles. The van der Waals surface area contributed by atoms with Crippen molar-refractivity contribution >= 4 is 20.9 Å². The Bertz CT molecular complexity index is 1420. The summed E-state index contributed by atoms with van der Waals surface area (Å²) < 4.78 is 31.8. The molecule has 0 saturated carbocycles. The molecule has 4 rings (SSSR count). The molecule has 0 radical (unpaired) electrons. The molecule has 9 heteroatoms. The number of sulfone groups is 1. The lowest BCUT2D eigenvalue weighted by Crippen LogP contribution is -2.44. The predicted octanol–water partition coefficient (Wildman–Crippen LogP) is 3.57. The van der Waals surface area contributed by atoms with Crippen molar-refractivity contribution in [2.45, 2.75) is 25.9 Å². The van der Waals surface area contributed by atoms with Crippen LogP contribution < -0.4 is 5.69 Å². The highest BCUT2D eigenvalue weighted by Gasteiger charge is 2.34. The van der Waals surface area contributed by atoms with Gasteiger partial charge in [-0.2, -0.15) is 0 Å². The van der Waals surface area contributed by atoms with E-state index in [0.717, 1.165) is 16.7 Å². The molecule has 8 nitrogen and oxygen atoms in total. The Morgan fingerprint density at radius 2 is 1.85 bits per heavy atom. The largest absolute Gasteiger partial charge is 0.495 e. The maximum Gasteiger partial charge on any atom is 0.326 e. The van der Waals surface area contributed by atoms with Gasteiger partial charge in [-0.3, -0.25) is 9.40 Å². The average Bonchev–Trinajstić information content (AvgIpc) is 3.13. The lowest BCUT2D eigenvalue weighted by molar-refractivity contribution is -0.144. The molecule has 1 aromatic heterocycles. The molecule has 34 heavy (non-hydrogen) atoms. The summed E-state index contributed by atoms with van der Waals surface area (Å²) in [6.45, 7) is 4.22. The number of aromatic nitrogens is 2. The van der Waals surface area contributed by atoms with Gasteiger partial charge in [0.15, 0.2) is 0 Å². The molecule has 2 aromatic carbocycles. The van der Waals surface area contributed by atoms with Gasteiger partial charge in [0, 0.05) is 11.8 Å². The molecule has 1 aliphatic heterocycles. The summed E-state index contributed by atoms with van der Waals surface area (Å²) in [4.78, 5) is 22.1. The number of nitrogens with zero attached hydrogens (tertiary/aromatic N) is 2. The molecular formula is C25H29N3O5S. The monoisotopic (exact) mass is 483 g/mol. The van der Waals surface area contributed by atoms with Crippen molar-refractivity contribution in [2.24, 2.45) is 0 Å². The van der Waals surface area contributed by atoms with Gasteiger partial charge < -0.3 is 9.72 Å². The number of hydrogen-bond acceptors (Lipinski definition) is 6. The molecule has 2 atom stereocenters. The second-order valence-electron chi connectivity index (χ2n) is 8.34. The second-order valence-corrected chi connectivity index (χ2v) is 10.5. The zero-order valence-electron chi connectivity index (χ0n) is 19.7. The number of para-hydroxylation sites is 1. The fourth-order valence-electron chi connectivity index (χ4n) is 4.44. The van der Waals surface area contributed by atoms with Gasteiger partial charge in [-0.1, -0.05) is 42.5 Å². The summed E-state index contributed by atoms with van der Waals surface area (Å²) in [6, 6.07) is 12.3. The number of ether oxygens (including phenoxy) is 1. The van der Waals surface area contributed by atoms with Crippen molar-refractivity contribution < 1.29 is 18.0 Å². The van der Waals surface area contributed by atoms with Crippen molar-refractivity contribution in [3.05, 3.63) is 82.6 Å². The van der Waals surface area contributed by atoms with Crippen LogP contribution in [-0.4, -0.2) is 54.8 Å². The topological polar surface area (TPSA) is 93.6 Å². The van der Waals surface area contributed by atoms with Crippen molar-refractivity contribution in [1.29, 1.82) is 0 Å². The standard InChI is InChI=1S/C25H29N3O5S/c1-5-33-27-15-18(32-3)13-14-21(27)23(16-34(4,30)31)28-22-12-8-11-20(24(22)26-25(28)29)19-10-7-6-9-17(19)2/h6-15,21,23H,5,16H2,1-4H3,(H,26,29)/t21?,23-/m1/s1. The molecule has 0 amide bonds. The number of aryl methyl sites for hydroxylation is 1. The van der Waals surface area contributed by atoms with Crippen LogP contribution in [0.25, 0.3) is 22.2 Å². The smallest absolute Gasteiger partial charge is 0.326 e. The van der Waals surface area contributed by atoms with Gasteiger partial charge in [0.2, 0.25) is 0 Å². The Morgan fingerprint density at radius 1 is 1.12 bits per heavy atom. The first-order valence-corrected chi connectivity index (χ1v) is 13.1. The molecule has 1 unspecified atom stereocenters. The van der Waals surface area contributed by atoms with Gasteiger partial charge in [0.1, 0.15) is 15.6 Å². The van der Waals surface area contributed by atoms with Crippen molar-refractivity contribution in [2.75, 3.05) is 25.7 Å². The SMILES string of the molecule is CCON1C=C(OC)C=CC1[C@@H](CS(C)(=O)=O)n1c(=O)[nH]c2c(-c3ccccc3C)cccc21. The van der Waals surface area contributed by atoms with E-state index in [9.17, 15) is 13.2 Å². The Hall–Kier alpha value is -3.30. The van der Waals surface area contributed by atoms with E-state index in [0.29, 0.717) is 23.4 Å². The van der Waals surface area contributed by atoms with Crippen LogP contribution in [0.3, 0.4) is 0 Å². The van der Waals surface area contributed by atoms with Gasteiger partial charge in [-0.05, 0) is 37.1 Å². The molecule has 0 aliphatic carbocycles. The van der Waals surface area contributed by atoms with Crippen molar-refractivity contribution in [3.63, 3.8) is 0 Å². The van der Waals surface area contributed by atoms with E-state index in [1.165, 1.54) is 10.8 Å². The summed E-state index contributed by atoms with van der Waals surface area (Å²) in [5.41, 5.74) is 3.87. The van der Waals surface area contributed by atoms with Crippen LogP contribution in [0.15, 0.2) is 71.4 Å². The third-order valence-corrected chi connectivity index (χ3v) is 6.85. The van der Waals surface area contributed by atoms with Crippen LogP contribution in [-0.2, 0) is 19.4 Å². The number of hydroxylamine groups is 2. The van der Waals surface area contributed by atoms with E-state index < -0.39 is 21.9 Å². The zero-order chi connectivity index (χ0) is 24.5. The number of methoxy groups -OCH3 is 1. The van der Waals surface area contributed by atoms with Crippen LogP contribution in [0.4, 0.5) is 0 Å². The van der Waals surface area contributed by atoms with E-state index in [1.54, 1.807) is 30.5 Å². The Kier molecular flexibility index (Phi) is 6.67. The first kappa shape index (κ1) is 23.8. The van der Waals surface area contributed by atoms with E-state index in [1.807, 2.05) is 56.3 Å². The van der Waals surface area contributed by atoms with Crippen LogP contribution >= 0.6 is 0 Å². The number of nitrogens with one attached hydrogen (secondary N) is 1. The van der Waals surface area contributed by atoms with Gasteiger partial charge >= 0.3 is 5.69 Å². The van der Waals surface area contributed by atoms with Gasteiger partial charge in [-0.15, -0.1) is 0 Å². The average molecular weight is 484 g/mol. The van der Waals surface area contributed by atoms with Crippen LogP contribution in [0, 0.1) is 6.92 Å². The van der Waals surface area contributed by atoms with Gasteiger partial charge in [0.25, 0.3) is 0 Å². The number of hydrogen-bond donors (Lipinski definition) is 1. The first-order valence-electron chi connectivity index (χ1n) is 11.1. The summed E-state index contributed by atoms with van der Waals surface area (Å²) in [5.74, 6) is 0.319. The highest BCUT2D eigenvalue weighted by atomic mass is 32.2. The fraction of sp³-hybridized carbons (Fsp3) is 0.320. The minimum atomic E-state index is -3.45. The lowest BCUT2D eigenvalue weighted by atomic mass is 9.99. The van der Waals surface area contributed by atoms with Crippen LogP contribution in [0.2, 0.25) is 0 Å². The number of imidazole rings is 1. The highest BCUT2D eigenvalue weighted by molar-refractivity contribution is 7.90. The van der Waals surface area contributed by atoms with E-state index in [-0.39, 0.29) is 11.4 Å². The Labute approximate surface area is 199 Å². The molecule has 1 aliphatic rings. The Morgan fingerprint density at radius 3 is 2.53 bits per heavy atom. The van der Waals surface area contributed by atoms with Gasteiger partial charge in [0.05, 0.1) is 48.8 Å². The third kappa shape index (κ3) is 4.67. The number of allylic oxidation sites excluding steroid dienone is 1. The van der Waals surface area contributed by atoms with Crippen molar-refractivity contribution in [1.82, 2.24) is 14.6 Å². The first-order chi connectivity index (χ1) is 16.2. The number of H-pyrrole nitrogens is 1. The number of aromatic amines is 1.